The minimum absolute atomic E-state index is 0.0187. The van der Waals surface area contributed by atoms with E-state index in [4.69, 9.17) is 0 Å². The Kier molecular flexibility index (Phi) is 4.83. The Balaban J connectivity index is 2.05. The number of hydrogen-bond donors (Lipinski definition) is 0. The van der Waals surface area contributed by atoms with Gasteiger partial charge in [-0.3, -0.25) is 9.59 Å². The van der Waals surface area contributed by atoms with Gasteiger partial charge in [-0.05, 0) is 38.5 Å². The zero-order valence-corrected chi connectivity index (χ0v) is 12.2. The molecular formula is C15H26N2O2. The largest absolute Gasteiger partial charge is 0.341 e. The van der Waals surface area contributed by atoms with Crippen LogP contribution in [-0.4, -0.2) is 47.3 Å². The summed E-state index contributed by atoms with van der Waals surface area (Å²) >= 11 is 0. The first-order valence-electron chi connectivity index (χ1n) is 7.70. The van der Waals surface area contributed by atoms with Gasteiger partial charge in [0, 0.05) is 25.6 Å². The molecule has 0 spiro atoms. The molecule has 0 aromatic heterocycles. The lowest BCUT2D eigenvalue weighted by atomic mass is 9.98. The summed E-state index contributed by atoms with van der Waals surface area (Å²) in [6, 6.07) is -0.193. The van der Waals surface area contributed by atoms with E-state index in [1.165, 1.54) is 6.42 Å². The SMILES string of the molecule is CC(C)C(=O)N1CCCCC1C(=O)N1CCCCC1. The first-order chi connectivity index (χ1) is 9.11. The predicted octanol–water partition coefficient (Wildman–Crippen LogP) is 2.04. The standard InChI is InChI=1S/C15H26N2O2/c1-12(2)14(18)17-11-7-4-8-13(17)15(19)16-9-5-3-6-10-16/h12-13H,3-11H2,1-2H3. The number of likely N-dealkylation sites (tertiary alicyclic amines) is 2. The average molecular weight is 266 g/mol. The summed E-state index contributed by atoms with van der Waals surface area (Å²) in [6.45, 7) is 6.33. The number of hydrogen-bond acceptors (Lipinski definition) is 2. The molecule has 0 aromatic rings. The van der Waals surface area contributed by atoms with Crippen molar-refractivity contribution in [3.63, 3.8) is 0 Å². The van der Waals surface area contributed by atoms with Crippen molar-refractivity contribution < 1.29 is 9.59 Å². The quantitative estimate of drug-likeness (QED) is 0.767. The van der Waals surface area contributed by atoms with Crippen LogP contribution in [0.1, 0.15) is 52.4 Å². The fraction of sp³-hybridized carbons (Fsp3) is 0.867. The molecule has 0 aromatic carbocycles. The summed E-state index contributed by atoms with van der Waals surface area (Å²) in [5.41, 5.74) is 0. The van der Waals surface area contributed by atoms with Gasteiger partial charge in [0.15, 0.2) is 0 Å². The monoisotopic (exact) mass is 266 g/mol. The van der Waals surface area contributed by atoms with E-state index in [0.29, 0.717) is 0 Å². The molecular weight excluding hydrogens is 240 g/mol. The van der Waals surface area contributed by atoms with Crippen LogP contribution in [0, 0.1) is 5.92 Å². The second-order valence-corrected chi connectivity index (χ2v) is 6.08. The van der Waals surface area contributed by atoms with E-state index in [-0.39, 0.29) is 23.8 Å². The van der Waals surface area contributed by atoms with Crippen molar-refractivity contribution in [2.45, 2.75) is 58.4 Å². The third-order valence-electron chi connectivity index (χ3n) is 4.23. The van der Waals surface area contributed by atoms with Crippen LogP contribution in [0.5, 0.6) is 0 Å². The molecule has 4 heteroatoms. The van der Waals surface area contributed by atoms with Crippen molar-refractivity contribution in [2.24, 2.45) is 5.92 Å². The molecule has 0 radical (unpaired) electrons. The number of nitrogens with zero attached hydrogens (tertiary/aromatic N) is 2. The number of carbonyl (C=O) groups is 2. The van der Waals surface area contributed by atoms with Crippen LogP contribution in [0.4, 0.5) is 0 Å². The van der Waals surface area contributed by atoms with Crippen LogP contribution >= 0.6 is 0 Å². The van der Waals surface area contributed by atoms with Gasteiger partial charge in [0.1, 0.15) is 6.04 Å². The Hall–Kier alpha value is -1.06. The highest BCUT2D eigenvalue weighted by atomic mass is 16.2. The van der Waals surface area contributed by atoms with Gasteiger partial charge in [-0.25, -0.2) is 0 Å². The van der Waals surface area contributed by atoms with Crippen molar-refractivity contribution in [1.29, 1.82) is 0 Å². The Morgan fingerprint density at radius 1 is 0.947 bits per heavy atom. The molecule has 19 heavy (non-hydrogen) atoms. The molecule has 108 valence electrons. The Bertz CT molecular complexity index is 335. The molecule has 0 N–H and O–H groups in total. The number of piperidine rings is 2. The van der Waals surface area contributed by atoms with E-state index in [9.17, 15) is 9.59 Å². The molecule has 2 fully saturated rings. The van der Waals surface area contributed by atoms with E-state index >= 15 is 0 Å². The molecule has 2 amide bonds. The molecule has 2 aliphatic heterocycles. The fourth-order valence-electron chi connectivity index (χ4n) is 3.11. The lowest BCUT2D eigenvalue weighted by Crippen LogP contribution is -2.54. The normalized spacial score (nSPS) is 24.7. The number of rotatable bonds is 2. The minimum Gasteiger partial charge on any atom is -0.341 e. The van der Waals surface area contributed by atoms with Crippen molar-refractivity contribution >= 4 is 11.8 Å². The zero-order chi connectivity index (χ0) is 13.8. The second kappa shape index (κ2) is 6.40. The maximum absolute atomic E-state index is 12.6. The van der Waals surface area contributed by atoms with Gasteiger partial charge in [-0.2, -0.15) is 0 Å². The van der Waals surface area contributed by atoms with Gasteiger partial charge in [-0.1, -0.05) is 13.8 Å². The van der Waals surface area contributed by atoms with Gasteiger partial charge in [0.05, 0.1) is 0 Å². The Morgan fingerprint density at radius 3 is 2.21 bits per heavy atom. The summed E-state index contributed by atoms with van der Waals surface area (Å²) in [4.78, 5) is 28.7. The molecule has 1 atom stereocenters. The van der Waals surface area contributed by atoms with Gasteiger partial charge in [0.2, 0.25) is 11.8 Å². The first-order valence-corrected chi connectivity index (χ1v) is 7.70. The van der Waals surface area contributed by atoms with E-state index in [2.05, 4.69) is 0 Å². The van der Waals surface area contributed by atoms with Crippen molar-refractivity contribution in [3.05, 3.63) is 0 Å². The Labute approximate surface area is 116 Å². The van der Waals surface area contributed by atoms with Crippen LogP contribution in [0.3, 0.4) is 0 Å². The van der Waals surface area contributed by atoms with Gasteiger partial charge in [0.25, 0.3) is 0 Å². The molecule has 2 saturated heterocycles. The first kappa shape index (κ1) is 14.4. The number of amides is 2. The predicted molar refractivity (Wildman–Crippen MR) is 74.6 cm³/mol. The van der Waals surface area contributed by atoms with Crippen LogP contribution in [0.2, 0.25) is 0 Å². The van der Waals surface area contributed by atoms with Crippen LogP contribution in [-0.2, 0) is 9.59 Å². The smallest absolute Gasteiger partial charge is 0.245 e. The van der Waals surface area contributed by atoms with Crippen LogP contribution in [0.15, 0.2) is 0 Å². The highest BCUT2D eigenvalue weighted by Crippen LogP contribution is 2.22. The molecule has 2 rings (SSSR count). The maximum atomic E-state index is 12.6. The molecule has 1 unspecified atom stereocenters. The van der Waals surface area contributed by atoms with E-state index < -0.39 is 0 Å². The number of carbonyl (C=O) groups excluding carboxylic acids is 2. The van der Waals surface area contributed by atoms with Gasteiger partial charge in [-0.15, -0.1) is 0 Å². The fourth-order valence-corrected chi connectivity index (χ4v) is 3.11. The Morgan fingerprint density at radius 2 is 1.58 bits per heavy atom. The summed E-state index contributed by atoms with van der Waals surface area (Å²) in [6.07, 6.45) is 6.37. The summed E-state index contributed by atoms with van der Waals surface area (Å²) in [7, 11) is 0. The van der Waals surface area contributed by atoms with Crippen molar-refractivity contribution in [3.8, 4) is 0 Å². The third kappa shape index (κ3) is 3.28. The lowest BCUT2D eigenvalue weighted by Gasteiger charge is -2.39. The summed E-state index contributed by atoms with van der Waals surface area (Å²) in [5, 5.41) is 0. The van der Waals surface area contributed by atoms with Gasteiger partial charge >= 0.3 is 0 Å². The summed E-state index contributed by atoms with van der Waals surface area (Å²) in [5.74, 6) is 0.304. The lowest BCUT2D eigenvalue weighted by molar-refractivity contribution is -0.150. The second-order valence-electron chi connectivity index (χ2n) is 6.08. The maximum Gasteiger partial charge on any atom is 0.245 e. The average Bonchev–Trinajstić information content (AvgIpc) is 2.46. The van der Waals surface area contributed by atoms with Crippen molar-refractivity contribution in [1.82, 2.24) is 9.80 Å². The highest BCUT2D eigenvalue weighted by Gasteiger charge is 2.35. The third-order valence-corrected chi connectivity index (χ3v) is 4.23. The van der Waals surface area contributed by atoms with E-state index in [0.717, 1.165) is 51.7 Å². The molecule has 2 aliphatic rings. The van der Waals surface area contributed by atoms with E-state index in [1.807, 2.05) is 23.6 Å². The summed E-state index contributed by atoms with van der Waals surface area (Å²) < 4.78 is 0. The topological polar surface area (TPSA) is 40.6 Å². The zero-order valence-electron chi connectivity index (χ0n) is 12.2. The van der Waals surface area contributed by atoms with Crippen LogP contribution < -0.4 is 0 Å². The molecule has 2 heterocycles. The molecule has 0 bridgehead atoms. The van der Waals surface area contributed by atoms with Gasteiger partial charge < -0.3 is 9.80 Å². The molecule has 0 saturated carbocycles. The molecule has 0 aliphatic carbocycles. The van der Waals surface area contributed by atoms with Crippen LogP contribution in [0.25, 0.3) is 0 Å². The van der Waals surface area contributed by atoms with E-state index in [1.54, 1.807) is 0 Å². The van der Waals surface area contributed by atoms with Crippen molar-refractivity contribution in [2.75, 3.05) is 19.6 Å². The highest BCUT2D eigenvalue weighted by molar-refractivity contribution is 5.88. The minimum atomic E-state index is -0.193. The molecule has 4 nitrogen and oxygen atoms in total.